The number of hydrogen-bond acceptors (Lipinski definition) is 4. The second-order valence-corrected chi connectivity index (χ2v) is 4.67. The van der Waals surface area contributed by atoms with E-state index in [1.165, 1.54) is 12.2 Å². The summed E-state index contributed by atoms with van der Waals surface area (Å²) in [5, 5.41) is 2.53. The second-order valence-electron chi connectivity index (χ2n) is 4.67. The molecule has 5 nitrogen and oxygen atoms in total. The van der Waals surface area contributed by atoms with Gasteiger partial charge in [-0.1, -0.05) is 12.1 Å². The number of nitrogens with one attached hydrogen (secondary N) is 1. The predicted molar refractivity (Wildman–Crippen MR) is 77.5 cm³/mol. The Balaban J connectivity index is 1.68. The van der Waals surface area contributed by atoms with Crippen molar-refractivity contribution >= 4 is 23.1 Å². The minimum Gasteiger partial charge on any atom is -0.437 e. The molecule has 2 aromatic rings. The third-order valence-electron chi connectivity index (χ3n) is 2.72. The molecule has 0 saturated heterocycles. The maximum Gasteiger partial charge on any atom is 0.411 e. The molecule has 0 unspecified atom stereocenters. The van der Waals surface area contributed by atoms with Crippen molar-refractivity contribution in [3.8, 4) is 0 Å². The first kappa shape index (κ1) is 17.0. The zero-order valence-corrected chi connectivity index (χ0v) is 12.1. The van der Waals surface area contributed by atoms with Crippen molar-refractivity contribution in [3.63, 3.8) is 0 Å². The molecule has 0 radical (unpaired) electrons. The molecule has 124 valence electrons. The molecule has 0 bridgehead atoms. The van der Waals surface area contributed by atoms with Crippen molar-refractivity contribution in [3.05, 3.63) is 36.2 Å². The number of fused-ring (bicyclic) bond motifs is 1. The number of nitrogens with zero attached hydrogens (tertiary/aromatic N) is 1. The molecule has 1 amide bonds. The minimum absolute atomic E-state index is 0.0748. The Kier molecular flexibility index (Phi) is 5.75. The lowest BCUT2D eigenvalue weighted by molar-refractivity contribution is -0.174. The molecule has 1 heterocycles. The minimum atomic E-state index is -4.33. The summed E-state index contributed by atoms with van der Waals surface area (Å²) in [7, 11) is 0. The standard InChI is InChI=1S/C15H15F3N2O3/c16-15(17,18)10-22-9-3-8-19-13(21)6-7-14-20-11-4-1-2-5-12(11)23-14/h1-2,4-7H,3,8-10H2,(H,19,21). The van der Waals surface area contributed by atoms with Gasteiger partial charge < -0.3 is 14.5 Å². The van der Waals surface area contributed by atoms with E-state index in [9.17, 15) is 18.0 Å². The average Bonchev–Trinajstić information content (AvgIpc) is 2.90. The van der Waals surface area contributed by atoms with Gasteiger partial charge in [-0.3, -0.25) is 4.79 Å². The number of rotatable bonds is 7. The summed E-state index contributed by atoms with van der Waals surface area (Å²) in [5.41, 5.74) is 1.31. The largest absolute Gasteiger partial charge is 0.437 e. The molecular weight excluding hydrogens is 313 g/mol. The first-order chi connectivity index (χ1) is 10.9. The number of amides is 1. The van der Waals surface area contributed by atoms with E-state index in [4.69, 9.17) is 4.42 Å². The second kappa shape index (κ2) is 7.77. The van der Waals surface area contributed by atoms with E-state index < -0.39 is 12.8 Å². The quantitative estimate of drug-likeness (QED) is 0.627. The van der Waals surface area contributed by atoms with Gasteiger partial charge in [-0.05, 0) is 18.6 Å². The summed E-state index contributed by atoms with van der Waals surface area (Å²) in [6.45, 7) is -1.14. The Bertz CT molecular complexity index is 647. The number of ether oxygens (including phenoxy) is 1. The summed E-state index contributed by atoms with van der Waals surface area (Å²) < 4.78 is 45.3. The molecule has 0 aliphatic rings. The van der Waals surface area contributed by atoms with Crippen LogP contribution < -0.4 is 5.32 Å². The van der Waals surface area contributed by atoms with E-state index in [-0.39, 0.29) is 19.1 Å². The normalized spacial score (nSPS) is 12.1. The zero-order valence-electron chi connectivity index (χ0n) is 12.1. The Hall–Kier alpha value is -2.35. The molecule has 0 aliphatic heterocycles. The lowest BCUT2D eigenvalue weighted by Crippen LogP contribution is -2.24. The monoisotopic (exact) mass is 328 g/mol. The highest BCUT2D eigenvalue weighted by molar-refractivity contribution is 5.91. The lowest BCUT2D eigenvalue weighted by Gasteiger charge is -2.07. The number of hydrogen-bond donors (Lipinski definition) is 1. The van der Waals surface area contributed by atoms with Crippen molar-refractivity contribution in [1.29, 1.82) is 0 Å². The van der Waals surface area contributed by atoms with Gasteiger partial charge in [0.25, 0.3) is 0 Å². The Morgan fingerprint density at radius 3 is 2.87 bits per heavy atom. The fourth-order valence-electron chi connectivity index (χ4n) is 1.74. The van der Waals surface area contributed by atoms with Gasteiger partial charge >= 0.3 is 6.18 Å². The maximum absolute atomic E-state index is 11.8. The SMILES string of the molecule is O=C(C=Cc1nc2ccccc2o1)NCCCOCC(F)(F)F. The molecule has 1 N–H and O–H groups in total. The number of carbonyl (C=O) groups excluding carboxylic acids is 1. The third kappa shape index (κ3) is 6.11. The Labute approximate surface area is 130 Å². The van der Waals surface area contributed by atoms with Gasteiger partial charge in [0.15, 0.2) is 5.58 Å². The van der Waals surface area contributed by atoms with Gasteiger partial charge in [-0.15, -0.1) is 0 Å². The van der Waals surface area contributed by atoms with E-state index >= 15 is 0 Å². The zero-order chi connectivity index (χ0) is 16.7. The van der Waals surface area contributed by atoms with Crippen molar-refractivity contribution in [2.24, 2.45) is 0 Å². The van der Waals surface area contributed by atoms with E-state index in [0.717, 1.165) is 0 Å². The van der Waals surface area contributed by atoms with Gasteiger partial charge in [0.1, 0.15) is 12.1 Å². The van der Waals surface area contributed by atoms with Gasteiger partial charge in [0.2, 0.25) is 11.8 Å². The smallest absolute Gasteiger partial charge is 0.411 e. The summed E-state index contributed by atoms with van der Waals surface area (Å²) in [6.07, 6.45) is -1.36. The van der Waals surface area contributed by atoms with E-state index in [0.29, 0.717) is 23.4 Å². The number of oxazole rings is 1. The van der Waals surface area contributed by atoms with Crippen LogP contribution in [0.5, 0.6) is 0 Å². The highest BCUT2D eigenvalue weighted by Gasteiger charge is 2.27. The van der Waals surface area contributed by atoms with Crippen LogP contribution in [0.2, 0.25) is 0 Å². The average molecular weight is 328 g/mol. The lowest BCUT2D eigenvalue weighted by atomic mass is 10.3. The van der Waals surface area contributed by atoms with Crippen molar-refractivity contribution < 1.29 is 27.1 Å². The molecule has 1 aromatic carbocycles. The van der Waals surface area contributed by atoms with Gasteiger partial charge in [0.05, 0.1) is 0 Å². The molecule has 23 heavy (non-hydrogen) atoms. The molecule has 0 spiro atoms. The summed E-state index contributed by atoms with van der Waals surface area (Å²) >= 11 is 0. The third-order valence-corrected chi connectivity index (χ3v) is 2.72. The number of carbonyl (C=O) groups is 1. The summed E-state index contributed by atoms with van der Waals surface area (Å²) in [4.78, 5) is 15.7. The molecular formula is C15H15F3N2O3. The fourth-order valence-corrected chi connectivity index (χ4v) is 1.74. The number of aromatic nitrogens is 1. The summed E-state index contributed by atoms with van der Waals surface area (Å²) in [5.74, 6) is -0.0852. The molecule has 8 heteroatoms. The van der Waals surface area contributed by atoms with E-state index in [2.05, 4.69) is 15.0 Å². The molecule has 2 rings (SSSR count). The van der Waals surface area contributed by atoms with Crippen molar-refractivity contribution in [2.45, 2.75) is 12.6 Å². The number of para-hydroxylation sites is 2. The van der Waals surface area contributed by atoms with Gasteiger partial charge in [-0.25, -0.2) is 4.98 Å². The van der Waals surface area contributed by atoms with Crippen LogP contribution in [0.4, 0.5) is 13.2 Å². The van der Waals surface area contributed by atoms with Crippen LogP contribution in [0.1, 0.15) is 12.3 Å². The van der Waals surface area contributed by atoms with E-state index in [1.54, 1.807) is 12.1 Å². The Morgan fingerprint density at radius 2 is 2.13 bits per heavy atom. The highest BCUT2D eigenvalue weighted by Crippen LogP contribution is 2.15. The maximum atomic E-state index is 11.8. The molecule has 0 saturated carbocycles. The van der Waals surface area contributed by atoms with Gasteiger partial charge in [0, 0.05) is 25.3 Å². The van der Waals surface area contributed by atoms with Crippen LogP contribution in [0, 0.1) is 0 Å². The van der Waals surface area contributed by atoms with E-state index in [1.807, 2.05) is 12.1 Å². The topological polar surface area (TPSA) is 64.4 Å². The van der Waals surface area contributed by atoms with Crippen molar-refractivity contribution in [1.82, 2.24) is 10.3 Å². The van der Waals surface area contributed by atoms with Crippen LogP contribution in [-0.4, -0.2) is 36.8 Å². The fraction of sp³-hybridized carbons (Fsp3) is 0.333. The number of alkyl halides is 3. The van der Waals surface area contributed by atoms with Gasteiger partial charge in [-0.2, -0.15) is 13.2 Å². The molecule has 0 atom stereocenters. The molecule has 0 aliphatic carbocycles. The van der Waals surface area contributed by atoms with Crippen LogP contribution >= 0.6 is 0 Å². The molecule has 1 aromatic heterocycles. The predicted octanol–water partition coefficient (Wildman–Crippen LogP) is 2.93. The summed E-state index contributed by atoms with van der Waals surface area (Å²) in [6, 6.07) is 7.19. The van der Waals surface area contributed by atoms with Crippen LogP contribution in [-0.2, 0) is 9.53 Å². The first-order valence-electron chi connectivity index (χ1n) is 6.90. The highest BCUT2D eigenvalue weighted by atomic mass is 19.4. The van der Waals surface area contributed by atoms with Crippen molar-refractivity contribution in [2.75, 3.05) is 19.8 Å². The van der Waals surface area contributed by atoms with Crippen LogP contribution in [0.3, 0.4) is 0 Å². The first-order valence-corrected chi connectivity index (χ1v) is 6.90. The Morgan fingerprint density at radius 1 is 1.35 bits per heavy atom. The van der Waals surface area contributed by atoms with Crippen LogP contribution in [0.25, 0.3) is 17.2 Å². The van der Waals surface area contributed by atoms with Crippen LogP contribution in [0.15, 0.2) is 34.8 Å². The molecule has 0 fully saturated rings. The number of benzene rings is 1. The number of halogens is 3.